The Bertz CT molecular complexity index is 1290. The number of hydrogen-bond acceptors (Lipinski definition) is 6. The minimum absolute atomic E-state index is 0.0638. The largest absolute Gasteiger partial charge is 0.460 e. The van der Waals surface area contributed by atoms with Crippen molar-refractivity contribution in [3.05, 3.63) is 83.9 Å². The van der Waals surface area contributed by atoms with Gasteiger partial charge in [0.25, 0.3) is 5.91 Å². The Hall–Kier alpha value is -4.18. The van der Waals surface area contributed by atoms with E-state index in [0.29, 0.717) is 12.8 Å². The molecule has 204 valence electrons. The highest BCUT2D eigenvalue weighted by atomic mass is 16.5. The Balaban J connectivity index is 1.59. The van der Waals surface area contributed by atoms with Gasteiger partial charge in [-0.3, -0.25) is 19.2 Å². The Morgan fingerprint density at radius 3 is 2.26 bits per heavy atom. The summed E-state index contributed by atoms with van der Waals surface area (Å²) in [4.78, 5) is 49.7. The molecule has 0 aromatic heterocycles. The van der Waals surface area contributed by atoms with Gasteiger partial charge in [-0.25, -0.2) is 0 Å². The summed E-state index contributed by atoms with van der Waals surface area (Å²) in [5, 5.41) is 20.5. The monoisotopic (exact) mass is 531 g/mol. The van der Waals surface area contributed by atoms with Gasteiger partial charge in [-0.1, -0.05) is 86.1 Å². The number of esters is 1. The van der Waals surface area contributed by atoms with Crippen LogP contribution >= 0.6 is 0 Å². The van der Waals surface area contributed by atoms with Gasteiger partial charge in [0.1, 0.15) is 19.2 Å². The minimum atomic E-state index is -1.60. The van der Waals surface area contributed by atoms with Crippen molar-refractivity contribution in [1.82, 2.24) is 16.0 Å². The molecule has 0 radical (unpaired) electrons. The summed E-state index contributed by atoms with van der Waals surface area (Å²) in [6, 6.07) is 20.9. The van der Waals surface area contributed by atoms with Gasteiger partial charge >= 0.3 is 5.97 Å². The molecule has 39 heavy (non-hydrogen) atoms. The van der Waals surface area contributed by atoms with Gasteiger partial charge in [0, 0.05) is 6.42 Å². The van der Waals surface area contributed by atoms with E-state index < -0.39 is 42.5 Å². The number of ether oxygens (including phenoxy) is 1. The van der Waals surface area contributed by atoms with Gasteiger partial charge in [0.2, 0.25) is 13.8 Å². The molecule has 4 N–H and O–H groups in total. The van der Waals surface area contributed by atoms with E-state index in [9.17, 15) is 24.3 Å². The van der Waals surface area contributed by atoms with Gasteiger partial charge in [-0.15, -0.1) is 0 Å². The first-order valence-corrected chi connectivity index (χ1v) is 13.0. The highest BCUT2D eigenvalue weighted by Crippen LogP contribution is 2.17. The predicted octanol–water partition coefficient (Wildman–Crippen LogP) is 1.60. The van der Waals surface area contributed by atoms with Crippen LogP contribution in [0, 0.1) is 0 Å². The number of rotatable bonds is 13. The zero-order valence-corrected chi connectivity index (χ0v) is 22.2. The third-order valence-corrected chi connectivity index (χ3v) is 6.17. The van der Waals surface area contributed by atoms with Crippen LogP contribution in [0.3, 0.4) is 0 Å². The maximum Gasteiger partial charge on any atom is 0.325 e. The zero-order valence-electron chi connectivity index (χ0n) is 22.2. The second-order valence-electron chi connectivity index (χ2n) is 9.35. The number of aliphatic hydroxyl groups excluding tert-OH is 1. The SMILES string of the molecule is BC(=O)N[C@@H](Cc1ccc2ccccc2c1)C(=O)NC(CCC)C(O)C(=O)NCC(=O)OCc1ccccc1. The first kappa shape index (κ1) is 29.4. The summed E-state index contributed by atoms with van der Waals surface area (Å²) in [5.74, 6) is -2.37. The average Bonchev–Trinajstić information content (AvgIpc) is 2.94. The number of aliphatic hydroxyl groups is 1. The lowest BCUT2D eigenvalue weighted by molar-refractivity contribution is -0.146. The fraction of sp³-hybridized carbons (Fsp3) is 0.310. The minimum Gasteiger partial charge on any atom is -0.460 e. The molecule has 10 heteroatoms. The van der Waals surface area contributed by atoms with E-state index in [1.54, 1.807) is 0 Å². The molecule has 0 saturated carbocycles. The molecule has 3 rings (SSSR count). The van der Waals surface area contributed by atoms with Crippen LogP contribution in [-0.2, 0) is 32.1 Å². The molecule has 0 aliphatic carbocycles. The summed E-state index contributed by atoms with van der Waals surface area (Å²) < 4.78 is 5.14. The quantitative estimate of drug-likeness (QED) is 0.196. The number of fused-ring (bicyclic) bond motifs is 1. The van der Waals surface area contributed by atoms with Crippen LogP contribution in [0.15, 0.2) is 72.8 Å². The highest BCUT2D eigenvalue weighted by Gasteiger charge is 2.30. The topological polar surface area (TPSA) is 134 Å². The predicted molar refractivity (Wildman–Crippen MR) is 151 cm³/mol. The maximum atomic E-state index is 13.2. The molecule has 9 nitrogen and oxygen atoms in total. The van der Waals surface area contributed by atoms with Crippen molar-refractivity contribution in [1.29, 1.82) is 0 Å². The van der Waals surface area contributed by atoms with Crippen LogP contribution in [0.4, 0.5) is 4.79 Å². The first-order chi connectivity index (χ1) is 18.8. The Labute approximate surface area is 228 Å². The second kappa shape index (κ2) is 14.7. The van der Waals surface area contributed by atoms with Crippen LogP contribution < -0.4 is 16.0 Å². The Kier molecular flexibility index (Phi) is 11.1. The highest BCUT2D eigenvalue weighted by molar-refractivity contribution is 6.57. The van der Waals surface area contributed by atoms with Crippen LogP contribution in [-0.4, -0.2) is 61.3 Å². The van der Waals surface area contributed by atoms with Crippen molar-refractivity contribution in [2.45, 2.75) is 51.0 Å². The summed E-state index contributed by atoms with van der Waals surface area (Å²) in [6.07, 6.45) is -0.495. The molecule has 0 fully saturated rings. The fourth-order valence-corrected chi connectivity index (χ4v) is 4.20. The van der Waals surface area contributed by atoms with Crippen molar-refractivity contribution < 1.29 is 29.0 Å². The van der Waals surface area contributed by atoms with E-state index >= 15 is 0 Å². The van der Waals surface area contributed by atoms with Gasteiger partial charge in [0.05, 0.1) is 6.04 Å². The number of carbonyl (C=O) groups excluding carboxylic acids is 4. The van der Waals surface area contributed by atoms with Crippen LogP contribution in [0.1, 0.15) is 30.9 Å². The molecule has 0 saturated heterocycles. The molecule has 0 heterocycles. The number of amides is 3. The standard InChI is InChI=1S/C29H34BN3O6/c1-2-8-23(26(35)28(37)31-17-25(34)39-18-19-9-4-3-5-10-19)32-27(36)24(33-29(30)38)16-20-13-14-21-11-6-7-12-22(21)15-20/h3-7,9-15,23-24,26,35H,2,8,16-18,30H2,1H3,(H,31,37)(H,32,36)(H,33,38)/t23?,24-,26?/m0/s1. The molecular formula is C29H34BN3O6. The lowest BCUT2D eigenvalue weighted by atomic mass is 9.98. The van der Waals surface area contributed by atoms with Crippen molar-refractivity contribution >= 4 is 42.2 Å². The van der Waals surface area contributed by atoms with Gasteiger partial charge in [0.15, 0.2) is 11.9 Å². The van der Waals surface area contributed by atoms with E-state index in [2.05, 4.69) is 16.0 Å². The number of nitrogens with one attached hydrogen (secondary N) is 3. The van der Waals surface area contributed by atoms with Crippen molar-refractivity contribution in [3.63, 3.8) is 0 Å². The smallest absolute Gasteiger partial charge is 0.325 e. The molecule has 0 aliphatic rings. The van der Waals surface area contributed by atoms with Crippen molar-refractivity contribution in [3.8, 4) is 0 Å². The van der Waals surface area contributed by atoms with Crippen molar-refractivity contribution in [2.75, 3.05) is 6.54 Å². The molecule has 3 aromatic rings. The molecule has 0 spiro atoms. The maximum absolute atomic E-state index is 13.2. The molecule has 2 unspecified atom stereocenters. The summed E-state index contributed by atoms with van der Waals surface area (Å²) in [6.45, 7) is 1.49. The molecule has 3 amide bonds. The number of hydrogen-bond donors (Lipinski definition) is 4. The van der Waals surface area contributed by atoms with Crippen LogP contribution in [0.5, 0.6) is 0 Å². The van der Waals surface area contributed by atoms with Crippen molar-refractivity contribution in [2.24, 2.45) is 0 Å². The Morgan fingerprint density at radius 2 is 1.56 bits per heavy atom. The lowest BCUT2D eigenvalue weighted by Crippen LogP contribution is -2.56. The summed E-state index contributed by atoms with van der Waals surface area (Å²) >= 11 is 0. The van der Waals surface area contributed by atoms with Gasteiger partial charge in [-0.05, 0) is 28.3 Å². The Morgan fingerprint density at radius 1 is 0.872 bits per heavy atom. The summed E-state index contributed by atoms with van der Waals surface area (Å²) in [5.41, 5.74) is 1.65. The average molecular weight is 531 g/mol. The van der Waals surface area contributed by atoms with Gasteiger partial charge in [-0.2, -0.15) is 0 Å². The van der Waals surface area contributed by atoms with E-state index in [4.69, 9.17) is 4.74 Å². The molecular weight excluding hydrogens is 497 g/mol. The third kappa shape index (κ3) is 9.26. The summed E-state index contributed by atoms with van der Waals surface area (Å²) in [7, 11) is 1.32. The number of carbonyl (C=O) groups is 4. The normalized spacial score (nSPS) is 13.1. The van der Waals surface area contributed by atoms with E-state index in [1.807, 2.05) is 79.7 Å². The van der Waals surface area contributed by atoms with Gasteiger partial charge < -0.3 is 25.8 Å². The second-order valence-corrected chi connectivity index (χ2v) is 9.35. The van der Waals surface area contributed by atoms with Crippen LogP contribution in [0.2, 0.25) is 0 Å². The molecule has 3 atom stereocenters. The number of benzene rings is 3. The molecule has 0 bridgehead atoms. The first-order valence-electron chi connectivity index (χ1n) is 13.0. The van der Waals surface area contributed by atoms with E-state index in [0.717, 1.165) is 21.9 Å². The zero-order chi connectivity index (χ0) is 28.2. The van der Waals surface area contributed by atoms with Crippen LogP contribution in [0.25, 0.3) is 10.8 Å². The molecule has 0 aliphatic heterocycles. The lowest BCUT2D eigenvalue weighted by Gasteiger charge is -2.26. The molecule has 3 aromatic carbocycles. The third-order valence-electron chi connectivity index (χ3n) is 6.17. The van der Waals surface area contributed by atoms with E-state index in [-0.39, 0.29) is 18.8 Å². The fourth-order valence-electron chi connectivity index (χ4n) is 4.20. The van der Waals surface area contributed by atoms with E-state index in [1.165, 1.54) is 7.85 Å².